The molecule has 1 amide bonds. The van der Waals surface area contributed by atoms with E-state index in [-0.39, 0.29) is 12.2 Å². The van der Waals surface area contributed by atoms with E-state index in [9.17, 15) is 13.6 Å². The monoisotopic (exact) mass is 591 g/mol. The zero-order valence-corrected chi connectivity index (χ0v) is 24.4. The van der Waals surface area contributed by atoms with Gasteiger partial charge in [-0.2, -0.15) is 9.47 Å². The molecule has 0 bridgehead atoms. The first-order valence-corrected chi connectivity index (χ1v) is 14.5. The van der Waals surface area contributed by atoms with E-state index < -0.39 is 17.5 Å². The summed E-state index contributed by atoms with van der Waals surface area (Å²) in [7, 11) is 0. The molecular formula is C29H31F2N9OS. The zero-order valence-electron chi connectivity index (χ0n) is 23.6. The maximum atomic E-state index is 13.9. The largest absolute Gasteiger partial charge is 0.328 e. The van der Waals surface area contributed by atoms with Gasteiger partial charge in [0.05, 0.1) is 35.2 Å². The van der Waals surface area contributed by atoms with Crippen LogP contribution in [0.25, 0.3) is 16.9 Å². The van der Waals surface area contributed by atoms with Gasteiger partial charge in [-0.1, -0.05) is 19.9 Å². The minimum atomic E-state index is -1.10. The molecule has 0 radical (unpaired) electrons. The molecule has 1 aliphatic rings. The average Bonchev–Trinajstić information content (AvgIpc) is 3.66. The predicted molar refractivity (Wildman–Crippen MR) is 158 cm³/mol. The molecule has 1 aliphatic heterocycles. The lowest BCUT2D eigenvalue weighted by atomic mass is 9.84. The molecule has 1 fully saturated rings. The van der Waals surface area contributed by atoms with Crippen LogP contribution in [0.4, 0.5) is 25.3 Å². The van der Waals surface area contributed by atoms with E-state index in [0.29, 0.717) is 16.9 Å². The summed E-state index contributed by atoms with van der Waals surface area (Å²) in [5, 5.41) is 11.0. The highest BCUT2D eigenvalue weighted by molar-refractivity contribution is 7.10. The summed E-state index contributed by atoms with van der Waals surface area (Å²) in [6.07, 6.45) is 9.39. The molecule has 218 valence electrons. The van der Waals surface area contributed by atoms with Crippen LogP contribution in [0.3, 0.4) is 0 Å². The summed E-state index contributed by atoms with van der Waals surface area (Å²) in [5.74, 6) is -2.06. The van der Waals surface area contributed by atoms with Crippen molar-refractivity contribution < 1.29 is 13.6 Å². The number of imidazole rings is 1. The fourth-order valence-corrected chi connectivity index (χ4v) is 6.05. The number of aromatic nitrogens is 6. The third-order valence-corrected chi connectivity index (χ3v) is 7.98. The van der Waals surface area contributed by atoms with E-state index in [2.05, 4.69) is 54.9 Å². The number of hydrogen-bond acceptors (Lipinski definition) is 8. The Balaban J connectivity index is 1.17. The molecule has 10 nitrogen and oxygen atoms in total. The number of aryl methyl sites for hydroxylation is 1. The lowest BCUT2D eigenvalue weighted by Crippen LogP contribution is -2.39. The molecule has 4 aromatic heterocycles. The fraction of sp³-hybridized carbons (Fsp3) is 0.345. The van der Waals surface area contributed by atoms with Crippen molar-refractivity contribution in [3.63, 3.8) is 0 Å². The van der Waals surface area contributed by atoms with Gasteiger partial charge in [-0.05, 0) is 61.5 Å². The smallest absolute Gasteiger partial charge is 0.246 e. The number of likely N-dealkylation sites (tertiary alicyclic amines) is 1. The summed E-state index contributed by atoms with van der Waals surface area (Å²) in [4.78, 5) is 24.2. The van der Waals surface area contributed by atoms with Crippen molar-refractivity contribution in [2.45, 2.75) is 46.7 Å². The van der Waals surface area contributed by atoms with Gasteiger partial charge in [-0.3, -0.25) is 18.8 Å². The SMILES string of the molecule is Cc1cn2c(-c3cnn(CC(=O)Nc4cccc(F)c4F)c3)cnc2c(Nc2cc(CN3CCCC(C)(C)C3)ns2)n1. The van der Waals surface area contributed by atoms with Crippen LogP contribution in [0.1, 0.15) is 38.1 Å². The first kappa shape index (κ1) is 27.9. The van der Waals surface area contributed by atoms with Gasteiger partial charge in [0.2, 0.25) is 5.91 Å². The van der Waals surface area contributed by atoms with Crippen molar-refractivity contribution in [1.29, 1.82) is 0 Å². The van der Waals surface area contributed by atoms with Crippen LogP contribution in [0.15, 0.2) is 49.1 Å². The van der Waals surface area contributed by atoms with Crippen molar-refractivity contribution in [2.24, 2.45) is 5.41 Å². The Morgan fingerprint density at radius 2 is 2.05 bits per heavy atom. The Kier molecular flexibility index (Phi) is 7.45. The third kappa shape index (κ3) is 6.02. The molecular weight excluding hydrogens is 560 g/mol. The average molecular weight is 592 g/mol. The molecule has 5 heterocycles. The van der Waals surface area contributed by atoms with Gasteiger partial charge in [-0.25, -0.2) is 18.7 Å². The van der Waals surface area contributed by atoms with Gasteiger partial charge in [-0.15, -0.1) is 0 Å². The topological polar surface area (TPSA) is 105 Å². The number of hydrogen-bond donors (Lipinski definition) is 2. The molecule has 0 atom stereocenters. The molecule has 0 aliphatic carbocycles. The van der Waals surface area contributed by atoms with Gasteiger partial charge in [0, 0.05) is 31.0 Å². The highest BCUT2D eigenvalue weighted by Gasteiger charge is 2.26. The predicted octanol–water partition coefficient (Wildman–Crippen LogP) is 5.64. The second kappa shape index (κ2) is 11.2. The Morgan fingerprint density at radius 1 is 1.19 bits per heavy atom. The first-order valence-electron chi connectivity index (χ1n) is 13.7. The molecule has 0 spiro atoms. The summed E-state index contributed by atoms with van der Waals surface area (Å²) in [6.45, 7) is 9.35. The van der Waals surface area contributed by atoms with E-state index >= 15 is 0 Å². The number of carbonyl (C=O) groups excluding carboxylic acids is 1. The number of fused-ring (bicyclic) bond motifs is 1. The highest BCUT2D eigenvalue weighted by atomic mass is 32.1. The van der Waals surface area contributed by atoms with Crippen LogP contribution >= 0.6 is 11.5 Å². The number of benzene rings is 1. The number of halogens is 2. The molecule has 13 heteroatoms. The number of nitrogens with one attached hydrogen (secondary N) is 2. The Labute approximate surface area is 245 Å². The second-order valence-corrected chi connectivity index (χ2v) is 12.2. The molecule has 2 N–H and O–H groups in total. The van der Waals surface area contributed by atoms with Crippen LogP contribution in [0.2, 0.25) is 0 Å². The molecule has 6 rings (SSSR count). The first-order chi connectivity index (χ1) is 20.1. The van der Waals surface area contributed by atoms with E-state index in [0.717, 1.165) is 53.3 Å². The fourth-order valence-electron chi connectivity index (χ4n) is 5.40. The maximum absolute atomic E-state index is 13.9. The normalized spacial score (nSPS) is 15.3. The number of anilines is 3. The van der Waals surface area contributed by atoms with Crippen LogP contribution in [-0.2, 0) is 17.9 Å². The van der Waals surface area contributed by atoms with Gasteiger partial charge < -0.3 is 10.6 Å². The number of nitrogens with zero attached hydrogens (tertiary/aromatic N) is 7. The quantitative estimate of drug-likeness (QED) is 0.241. The third-order valence-electron chi connectivity index (χ3n) is 7.24. The molecule has 1 aromatic carbocycles. The summed E-state index contributed by atoms with van der Waals surface area (Å²) < 4.78 is 35.4. The molecule has 0 unspecified atom stereocenters. The molecule has 5 aromatic rings. The lowest BCUT2D eigenvalue weighted by Gasteiger charge is -2.37. The number of carbonyl (C=O) groups is 1. The minimum Gasteiger partial charge on any atom is -0.328 e. The van der Waals surface area contributed by atoms with Gasteiger partial charge >= 0.3 is 0 Å². The summed E-state index contributed by atoms with van der Waals surface area (Å²) in [5.41, 5.74) is 4.05. The van der Waals surface area contributed by atoms with Gasteiger partial charge in [0.15, 0.2) is 23.1 Å². The molecule has 1 saturated heterocycles. The number of amides is 1. The standard InChI is InChI=1S/C29H31F2N9OS/c1-18-13-40-23(19-11-33-39(14-19)16-24(41)35-22-7-4-6-21(30)26(22)31)12-32-28(40)27(34-18)36-25-10-20(37-42-25)15-38-9-5-8-29(2,3)17-38/h4,6-7,10-14H,5,8-9,15-17H2,1-3H3,(H,34,36)(H,35,41). The highest BCUT2D eigenvalue weighted by Crippen LogP contribution is 2.31. The van der Waals surface area contributed by atoms with Crippen LogP contribution in [-0.4, -0.2) is 52.4 Å². The van der Waals surface area contributed by atoms with E-state index in [4.69, 9.17) is 0 Å². The van der Waals surface area contributed by atoms with Crippen molar-refractivity contribution in [3.05, 3.63) is 72.1 Å². The molecule has 42 heavy (non-hydrogen) atoms. The van der Waals surface area contributed by atoms with E-state index in [1.165, 1.54) is 41.2 Å². The number of piperidine rings is 1. The number of rotatable bonds is 8. The molecule has 0 saturated carbocycles. The minimum absolute atomic E-state index is 0.178. The van der Waals surface area contributed by atoms with Crippen LogP contribution in [0, 0.1) is 24.0 Å². The lowest BCUT2D eigenvalue weighted by molar-refractivity contribution is -0.116. The zero-order chi connectivity index (χ0) is 29.4. The van der Waals surface area contributed by atoms with Gasteiger partial charge in [0.25, 0.3) is 0 Å². The Hall–Kier alpha value is -4.23. The summed E-state index contributed by atoms with van der Waals surface area (Å²) in [6, 6.07) is 5.69. The van der Waals surface area contributed by atoms with Crippen molar-refractivity contribution in [1.82, 2.24) is 33.4 Å². The van der Waals surface area contributed by atoms with Crippen LogP contribution < -0.4 is 10.6 Å². The van der Waals surface area contributed by atoms with Crippen LogP contribution in [0.5, 0.6) is 0 Å². The van der Waals surface area contributed by atoms with E-state index in [1.807, 2.05) is 17.5 Å². The van der Waals surface area contributed by atoms with Crippen molar-refractivity contribution in [3.8, 4) is 11.3 Å². The van der Waals surface area contributed by atoms with Crippen molar-refractivity contribution >= 4 is 39.6 Å². The maximum Gasteiger partial charge on any atom is 0.246 e. The second-order valence-electron chi connectivity index (χ2n) is 11.4. The Bertz CT molecular complexity index is 1760. The van der Waals surface area contributed by atoms with Crippen molar-refractivity contribution in [2.75, 3.05) is 23.7 Å². The van der Waals surface area contributed by atoms with Gasteiger partial charge in [0.1, 0.15) is 11.5 Å². The summed E-state index contributed by atoms with van der Waals surface area (Å²) >= 11 is 1.40. The Morgan fingerprint density at radius 3 is 2.88 bits per heavy atom. The van der Waals surface area contributed by atoms with E-state index in [1.54, 1.807) is 18.6 Å².